The third-order valence-corrected chi connectivity index (χ3v) is 6.00. The van der Waals surface area contributed by atoms with Crippen LogP contribution in [-0.4, -0.2) is 48.5 Å². The van der Waals surface area contributed by atoms with E-state index in [2.05, 4.69) is 10.4 Å². The van der Waals surface area contributed by atoms with Gasteiger partial charge in [0.2, 0.25) is 5.91 Å². The summed E-state index contributed by atoms with van der Waals surface area (Å²) in [5, 5.41) is 7.63. The molecule has 7 nitrogen and oxygen atoms in total. The predicted molar refractivity (Wildman–Crippen MR) is 90.3 cm³/mol. The van der Waals surface area contributed by atoms with E-state index in [9.17, 15) is 22.4 Å². The molecule has 2 heterocycles. The minimum atomic E-state index is -3.18. The average molecular weight is 367 g/mol. The molecule has 0 unspecified atom stereocenters. The molecule has 25 heavy (non-hydrogen) atoms. The van der Waals surface area contributed by atoms with Crippen LogP contribution in [0.3, 0.4) is 0 Å². The minimum absolute atomic E-state index is 0.00694. The van der Waals surface area contributed by atoms with Crippen LogP contribution in [-0.2, 0) is 19.4 Å². The minimum Gasteiger partial charge on any atom is -0.318 e. The maximum absolute atomic E-state index is 13.8. The Morgan fingerprint density at radius 3 is 2.80 bits per heavy atom. The summed E-state index contributed by atoms with van der Waals surface area (Å²) in [6.07, 6.45) is 0.506. The van der Waals surface area contributed by atoms with E-state index in [4.69, 9.17) is 0 Å². The molecule has 2 aliphatic rings. The number of anilines is 1. The first-order chi connectivity index (χ1) is 11.7. The number of rotatable bonds is 3. The number of sulfone groups is 1. The number of hydrogen-bond donors (Lipinski definition) is 1. The van der Waals surface area contributed by atoms with Crippen LogP contribution in [0.5, 0.6) is 0 Å². The molecule has 0 radical (unpaired) electrons. The zero-order valence-corrected chi connectivity index (χ0v) is 14.5. The summed E-state index contributed by atoms with van der Waals surface area (Å²) in [4.78, 5) is 24.4. The zero-order valence-electron chi connectivity index (χ0n) is 13.7. The zero-order chi connectivity index (χ0) is 18.2. The van der Waals surface area contributed by atoms with E-state index in [1.54, 1.807) is 13.0 Å². The molecule has 0 spiro atoms. The summed E-state index contributed by atoms with van der Waals surface area (Å²) >= 11 is 0. The second-order valence-corrected chi connectivity index (χ2v) is 8.51. The van der Waals surface area contributed by atoms with Gasteiger partial charge in [0.1, 0.15) is 11.5 Å². The largest absolute Gasteiger partial charge is 0.318 e. The molecule has 9 heteroatoms. The fourth-order valence-electron chi connectivity index (χ4n) is 2.92. The van der Waals surface area contributed by atoms with Crippen molar-refractivity contribution >= 4 is 33.1 Å². The molecule has 134 valence electrons. The molecular weight excluding hydrogens is 349 g/mol. The summed E-state index contributed by atoms with van der Waals surface area (Å²) in [7, 11) is -3.18. The van der Waals surface area contributed by atoms with Gasteiger partial charge in [-0.3, -0.25) is 9.59 Å². The smallest absolute Gasteiger partial charge is 0.271 e. The summed E-state index contributed by atoms with van der Waals surface area (Å²) in [5.74, 6) is -1.61. The van der Waals surface area contributed by atoms with Gasteiger partial charge in [0, 0.05) is 12.8 Å². The standard InChI is InChI=1S/C16H18FN3O4S/c1-10-2-3-12(17)14(8-10)18-16(22)13-4-5-15(21)20(19-13)11-6-7-25(23,24)9-11/h2-3,8,11H,4-7,9H2,1H3,(H,18,22)/t11-/m1/s1. The number of halogens is 1. The first-order valence-electron chi connectivity index (χ1n) is 7.92. The Hall–Kier alpha value is -2.29. The van der Waals surface area contributed by atoms with Crippen LogP contribution in [0.4, 0.5) is 10.1 Å². The lowest BCUT2D eigenvalue weighted by Gasteiger charge is -2.27. The van der Waals surface area contributed by atoms with Gasteiger partial charge in [0.25, 0.3) is 5.91 Å². The highest BCUT2D eigenvalue weighted by molar-refractivity contribution is 7.91. The van der Waals surface area contributed by atoms with Gasteiger partial charge in [-0.05, 0) is 31.0 Å². The van der Waals surface area contributed by atoms with E-state index < -0.39 is 27.6 Å². The number of amides is 2. The maximum atomic E-state index is 13.8. The molecule has 3 rings (SSSR count). The van der Waals surface area contributed by atoms with Crippen LogP contribution in [0.15, 0.2) is 23.3 Å². The number of nitrogens with one attached hydrogen (secondary N) is 1. The monoisotopic (exact) mass is 367 g/mol. The lowest BCUT2D eigenvalue weighted by atomic mass is 10.1. The van der Waals surface area contributed by atoms with Gasteiger partial charge in [-0.2, -0.15) is 5.10 Å². The Morgan fingerprint density at radius 1 is 1.36 bits per heavy atom. The highest BCUT2D eigenvalue weighted by atomic mass is 32.2. The number of nitrogens with zero attached hydrogens (tertiary/aromatic N) is 2. The average Bonchev–Trinajstić information content (AvgIpc) is 2.91. The van der Waals surface area contributed by atoms with E-state index in [1.807, 2.05) is 0 Å². The molecule has 1 N–H and O–H groups in total. The number of hydrazone groups is 1. The van der Waals surface area contributed by atoms with Crippen LogP contribution in [0.1, 0.15) is 24.8 Å². The van der Waals surface area contributed by atoms with Crippen molar-refractivity contribution in [3.8, 4) is 0 Å². The molecular formula is C16H18FN3O4S. The van der Waals surface area contributed by atoms with Crippen molar-refractivity contribution in [2.45, 2.75) is 32.2 Å². The first kappa shape index (κ1) is 17.5. The Labute approximate surface area is 144 Å². The quantitative estimate of drug-likeness (QED) is 0.869. The maximum Gasteiger partial charge on any atom is 0.271 e. The van der Waals surface area contributed by atoms with Crippen molar-refractivity contribution < 1.29 is 22.4 Å². The molecule has 1 atom stereocenters. The molecule has 1 aromatic carbocycles. The van der Waals surface area contributed by atoms with Gasteiger partial charge in [0.15, 0.2) is 9.84 Å². The number of carbonyl (C=O) groups excluding carboxylic acids is 2. The molecule has 0 saturated carbocycles. The number of hydrogen-bond acceptors (Lipinski definition) is 5. The molecule has 0 aromatic heterocycles. The summed E-state index contributed by atoms with van der Waals surface area (Å²) in [6, 6.07) is 3.80. The van der Waals surface area contributed by atoms with Gasteiger partial charge in [-0.1, -0.05) is 6.07 Å². The lowest BCUT2D eigenvalue weighted by molar-refractivity contribution is -0.133. The highest BCUT2D eigenvalue weighted by Gasteiger charge is 2.37. The van der Waals surface area contributed by atoms with Gasteiger partial charge in [-0.15, -0.1) is 0 Å². The van der Waals surface area contributed by atoms with Crippen LogP contribution in [0, 0.1) is 12.7 Å². The van der Waals surface area contributed by atoms with Crippen LogP contribution >= 0.6 is 0 Å². The van der Waals surface area contributed by atoms with Crippen LogP contribution < -0.4 is 5.32 Å². The summed E-state index contributed by atoms with van der Waals surface area (Å²) in [6.45, 7) is 1.77. The fraction of sp³-hybridized carbons (Fsp3) is 0.438. The Balaban J connectivity index is 1.79. The first-order valence-corrected chi connectivity index (χ1v) is 9.75. The summed E-state index contributed by atoms with van der Waals surface area (Å²) < 4.78 is 37.0. The molecule has 2 aliphatic heterocycles. The molecule has 1 fully saturated rings. The number of carbonyl (C=O) groups is 2. The van der Waals surface area contributed by atoms with Gasteiger partial charge >= 0.3 is 0 Å². The van der Waals surface area contributed by atoms with Crippen LogP contribution in [0.25, 0.3) is 0 Å². The lowest BCUT2D eigenvalue weighted by Crippen LogP contribution is -2.42. The van der Waals surface area contributed by atoms with Crippen molar-refractivity contribution in [1.29, 1.82) is 0 Å². The molecule has 0 bridgehead atoms. The molecule has 1 aromatic rings. The van der Waals surface area contributed by atoms with Gasteiger partial charge in [0.05, 0.1) is 23.2 Å². The molecule has 0 aliphatic carbocycles. The fourth-order valence-corrected chi connectivity index (χ4v) is 4.61. The van der Waals surface area contributed by atoms with E-state index >= 15 is 0 Å². The molecule has 2 amide bonds. The van der Waals surface area contributed by atoms with E-state index in [-0.39, 0.29) is 41.7 Å². The Bertz CT molecular complexity index is 866. The predicted octanol–water partition coefficient (Wildman–Crippen LogP) is 1.24. The van der Waals surface area contributed by atoms with Crippen molar-refractivity contribution in [3.63, 3.8) is 0 Å². The van der Waals surface area contributed by atoms with Crippen molar-refractivity contribution in [3.05, 3.63) is 29.6 Å². The topological polar surface area (TPSA) is 95.9 Å². The van der Waals surface area contributed by atoms with Crippen molar-refractivity contribution in [1.82, 2.24) is 5.01 Å². The second kappa shape index (κ2) is 6.55. The Kier molecular flexibility index (Phi) is 4.59. The third-order valence-electron chi connectivity index (χ3n) is 4.25. The van der Waals surface area contributed by atoms with E-state index in [1.165, 1.54) is 12.1 Å². The number of aryl methyl sites for hydroxylation is 1. The van der Waals surface area contributed by atoms with Crippen molar-refractivity contribution in [2.24, 2.45) is 5.10 Å². The summed E-state index contributed by atoms with van der Waals surface area (Å²) in [5.41, 5.74) is 0.916. The van der Waals surface area contributed by atoms with Gasteiger partial charge < -0.3 is 5.32 Å². The van der Waals surface area contributed by atoms with Crippen molar-refractivity contribution in [2.75, 3.05) is 16.8 Å². The molecule has 1 saturated heterocycles. The Morgan fingerprint density at radius 2 is 2.12 bits per heavy atom. The third kappa shape index (κ3) is 3.87. The SMILES string of the molecule is Cc1ccc(F)c(NC(=O)C2=NN([C@@H]3CCS(=O)(=O)C3)C(=O)CC2)c1. The number of benzene rings is 1. The van der Waals surface area contributed by atoms with E-state index in [0.29, 0.717) is 6.42 Å². The van der Waals surface area contributed by atoms with Gasteiger partial charge in [-0.25, -0.2) is 17.8 Å². The van der Waals surface area contributed by atoms with E-state index in [0.717, 1.165) is 10.6 Å². The normalized spacial score (nSPS) is 22.6. The second-order valence-electron chi connectivity index (χ2n) is 6.28. The van der Waals surface area contributed by atoms with Crippen LogP contribution in [0.2, 0.25) is 0 Å². The highest BCUT2D eigenvalue weighted by Crippen LogP contribution is 2.23.